The Morgan fingerprint density at radius 3 is 2.65 bits per heavy atom. The Hall–Kier alpha value is -0.620. The predicted molar refractivity (Wildman–Crippen MR) is 133 cm³/mol. The van der Waals surface area contributed by atoms with Crippen molar-refractivity contribution in [2.24, 2.45) is 45.0 Å². The van der Waals surface area contributed by atoms with E-state index in [1.165, 1.54) is 62.7 Å². The van der Waals surface area contributed by atoms with Gasteiger partial charge in [-0.15, -0.1) is 0 Å². The van der Waals surface area contributed by atoms with Crippen LogP contribution in [0.1, 0.15) is 84.0 Å². The highest BCUT2D eigenvalue weighted by molar-refractivity contribution is 8.76. The first kappa shape index (κ1) is 22.2. The average Bonchev–Trinajstić information content (AvgIpc) is 3.36. The van der Waals surface area contributed by atoms with E-state index in [1.807, 2.05) is 21.6 Å². The van der Waals surface area contributed by atoms with Gasteiger partial charge in [-0.25, -0.2) is 4.99 Å². The normalized spacial score (nSPS) is 41.6. The maximum Gasteiger partial charge on any atom is 0.186 e. The summed E-state index contributed by atoms with van der Waals surface area (Å²) in [5, 5.41) is 0. The van der Waals surface area contributed by atoms with Gasteiger partial charge in [0.25, 0.3) is 0 Å². The Labute approximate surface area is 195 Å². The molecule has 1 spiro atoms. The van der Waals surface area contributed by atoms with Crippen LogP contribution in [0.3, 0.4) is 0 Å². The molecule has 5 atom stereocenters. The molecular weight excluding hydrogens is 422 g/mol. The fourth-order valence-electron chi connectivity index (χ4n) is 8.48. The molecule has 1 aliphatic heterocycles. The van der Waals surface area contributed by atoms with E-state index in [-0.39, 0.29) is 17.4 Å². The van der Waals surface area contributed by atoms with Crippen molar-refractivity contribution in [2.45, 2.75) is 90.0 Å². The van der Waals surface area contributed by atoms with Crippen LogP contribution in [0.2, 0.25) is 0 Å². The van der Waals surface area contributed by atoms with Crippen molar-refractivity contribution < 1.29 is 4.79 Å². The number of ketones is 1. The molecule has 5 aliphatic rings. The van der Waals surface area contributed by atoms with Gasteiger partial charge in [0.2, 0.25) is 0 Å². The van der Waals surface area contributed by atoms with Crippen LogP contribution in [0.4, 0.5) is 0 Å². The molecule has 5 rings (SSSR count). The molecule has 0 aromatic carbocycles. The Kier molecular flexibility index (Phi) is 6.17. The number of guanidine groups is 1. The van der Waals surface area contributed by atoms with Gasteiger partial charge in [0.05, 0.1) is 6.04 Å². The van der Waals surface area contributed by atoms with Crippen molar-refractivity contribution in [2.75, 3.05) is 11.5 Å². The topological polar surface area (TPSA) is 81.5 Å². The fourth-order valence-corrected chi connectivity index (χ4v) is 11.0. The number of aliphatic imine (C=N–C) groups is 1. The van der Waals surface area contributed by atoms with E-state index in [1.54, 1.807) is 5.57 Å². The van der Waals surface area contributed by atoms with Gasteiger partial charge in [-0.3, -0.25) is 4.79 Å². The van der Waals surface area contributed by atoms with Gasteiger partial charge in [0, 0.05) is 23.3 Å². The van der Waals surface area contributed by atoms with Gasteiger partial charge < -0.3 is 11.5 Å². The Morgan fingerprint density at radius 1 is 1.06 bits per heavy atom. The number of hydrogen-bond acceptors (Lipinski definition) is 4. The number of hydrogen-bond donors (Lipinski definition) is 2. The van der Waals surface area contributed by atoms with Crippen LogP contribution in [0, 0.1) is 28.6 Å². The lowest BCUT2D eigenvalue weighted by atomic mass is 9.48. The van der Waals surface area contributed by atoms with Crippen LogP contribution in [-0.4, -0.2) is 29.3 Å². The molecule has 4 nitrogen and oxygen atoms in total. The van der Waals surface area contributed by atoms with Crippen LogP contribution in [0.15, 0.2) is 16.1 Å². The second-order valence-corrected chi connectivity index (χ2v) is 13.7. The molecule has 4 N–H and O–H groups in total. The van der Waals surface area contributed by atoms with Gasteiger partial charge in [0.1, 0.15) is 0 Å². The largest absolute Gasteiger partial charge is 0.370 e. The van der Waals surface area contributed by atoms with Crippen molar-refractivity contribution in [3.05, 3.63) is 11.1 Å². The SMILES string of the molecule is C[C@]12CCSSC[C@@H](N=C(N)N)CCCC3=C4C[C@H]1CC[C@@H](C1CCCC1)[C@@]42CC3=O. The number of Topliss-reactive ketones (excluding diaryl/α,β-unsaturated/α-hetero) is 1. The zero-order valence-electron chi connectivity index (χ0n) is 19.0. The molecule has 172 valence electrons. The number of nitrogens with two attached hydrogens (primary N) is 2. The smallest absolute Gasteiger partial charge is 0.186 e. The van der Waals surface area contributed by atoms with E-state index in [0.717, 1.165) is 49.2 Å². The monoisotopic (exact) mass is 461 g/mol. The first-order chi connectivity index (χ1) is 15.0. The molecule has 0 saturated heterocycles. The van der Waals surface area contributed by atoms with Gasteiger partial charge in [0.15, 0.2) is 11.7 Å². The minimum Gasteiger partial charge on any atom is -0.370 e. The molecule has 3 fully saturated rings. The Balaban J connectivity index is 1.52. The zero-order valence-corrected chi connectivity index (χ0v) is 20.7. The molecule has 0 unspecified atom stereocenters. The van der Waals surface area contributed by atoms with Crippen LogP contribution in [0.5, 0.6) is 0 Å². The van der Waals surface area contributed by atoms with Crippen molar-refractivity contribution in [3.8, 4) is 0 Å². The summed E-state index contributed by atoms with van der Waals surface area (Å²) < 4.78 is 0. The quantitative estimate of drug-likeness (QED) is 0.324. The number of carbonyl (C=O) groups excluding carboxylic acids is 1. The van der Waals surface area contributed by atoms with Crippen molar-refractivity contribution in [1.29, 1.82) is 0 Å². The average molecular weight is 462 g/mol. The third-order valence-corrected chi connectivity index (χ3v) is 12.3. The van der Waals surface area contributed by atoms with E-state index >= 15 is 0 Å². The summed E-state index contributed by atoms with van der Waals surface area (Å²) >= 11 is 0. The molecule has 6 heteroatoms. The third kappa shape index (κ3) is 3.59. The summed E-state index contributed by atoms with van der Waals surface area (Å²) in [4.78, 5) is 18.0. The van der Waals surface area contributed by atoms with E-state index in [2.05, 4.69) is 11.9 Å². The first-order valence-electron chi connectivity index (χ1n) is 12.5. The van der Waals surface area contributed by atoms with Crippen molar-refractivity contribution in [1.82, 2.24) is 0 Å². The molecule has 0 aromatic heterocycles. The molecule has 0 amide bonds. The number of allylic oxidation sites excluding steroid dienone is 2. The second kappa shape index (κ2) is 8.62. The van der Waals surface area contributed by atoms with E-state index in [4.69, 9.17) is 11.5 Å². The summed E-state index contributed by atoms with van der Waals surface area (Å²) in [6.45, 7) is 2.59. The Morgan fingerprint density at radius 2 is 1.87 bits per heavy atom. The highest BCUT2D eigenvalue weighted by Crippen LogP contribution is 2.75. The van der Waals surface area contributed by atoms with Crippen molar-refractivity contribution >= 4 is 33.3 Å². The lowest BCUT2D eigenvalue weighted by Crippen LogP contribution is -2.50. The Bertz CT molecular complexity index is 786. The van der Waals surface area contributed by atoms with Crippen LogP contribution >= 0.6 is 21.6 Å². The minimum atomic E-state index is 0.164. The third-order valence-electron chi connectivity index (χ3n) is 9.82. The number of carbonyl (C=O) groups is 1. The maximum atomic E-state index is 13.5. The molecule has 5 bridgehead atoms. The highest BCUT2D eigenvalue weighted by Gasteiger charge is 2.68. The van der Waals surface area contributed by atoms with E-state index in [0.29, 0.717) is 11.2 Å². The zero-order chi connectivity index (χ0) is 21.6. The van der Waals surface area contributed by atoms with Crippen LogP contribution in [-0.2, 0) is 4.79 Å². The molecule has 0 aromatic rings. The summed E-state index contributed by atoms with van der Waals surface area (Å²) in [6.07, 6.45) is 14.5. The number of nitrogens with zero attached hydrogens (tertiary/aromatic N) is 1. The lowest BCUT2D eigenvalue weighted by Gasteiger charge is -2.55. The molecule has 3 saturated carbocycles. The van der Waals surface area contributed by atoms with Gasteiger partial charge in [-0.05, 0) is 73.7 Å². The van der Waals surface area contributed by atoms with Crippen LogP contribution in [0.25, 0.3) is 0 Å². The first-order valence-corrected chi connectivity index (χ1v) is 15.0. The second-order valence-electron chi connectivity index (χ2n) is 11.0. The van der Waals surface area contributed by atoms with Gasteiger partial charge >= 0.3 is 0 Å². The number of rotatable bonds is 2. The molecule has 0 radical (unpaired) electrons. The summed E-state index contributed by atoms with van der Waals surface area (Å²) in [6, 6.07) is 0.164. The van der Waals surface area contributed by atoms with Crippen LogP contribution < -0.4 is 11.5 Å². The highest BCUT2D eigenvalue weighted by atomic mass is 33.1. The molecule has 31 heavy (non-hydrogen) atoms. The predicted octanol–water partition coefficient (Wildman–Crippen LogP) is 5.47. The standard InChI is InChI=1S/C25H39N3OS2/c1-24-11-12-30-31-15-18(28-23(26)27)7-4-8-19-21-13-17(24)9-10-20(16-5-2-3-6-16)25(21,24)14-22(19)29/h16-18,20H,2-15H2,1H3,(H4,26,27,28)/t17-,18+,20+,24+,25+/m1/s1. The van der Waals surface area contributed by atoms with Gasteiger partial charge in [-0.2, -0.15) is 0 Å². The molecular formula is C25H39N3OS2. The summed E-state index contributed by atoms with van der Waals surface area (Å²) in [5.41, 5.74) is 14.7. The molecule has 1 heterocycles. The van der Waals surface area contributed by atoms with E-state index in [9.17, 15) is 4.79 Å². The maximum absolute atomic E-state index is 13.5. The van der Waals surface area contributed by atoms with Gasteiger partial charge in [-0.1, -0.05) is 59.8 Å². The lowest BCUT2D eigenvalue weighted by molar-refractivity contribution is -0.122. The minimum absolute atomic E-state index is 0.164. The van der Waals surface area contributed by atoms with Crippen molar-refractivity contribution in [3.63, 3.8) is 0 Å². The fraction of sp³-hybridized carbons (Fsp3) is 0.840. The molecule has 4 aliphatic carbocycles. The van der Waals surface area contributed by atoms with E-state index < -0.39 is 0 Å². The summed E-state index contributed by atoms with van der Waals surface area (Å²) in [7, 11) is 3.94. The summed E-state index contributed by atoms with van der Waals surface area (Å²) in [5.74, 6) is 5.18.